The molecule has 0 aliphatic heterocycles. The molecule has 35 heavy (non-hydrogen) atoms. The van der Waals surface area contributed by atoms with Crippen LogP contribution in [0, 0.1) is 18.6 Å². The van der Waals surface area contributed by atoms with E-state index in [0.717, 1.165) is 41.2 Å². The lowest BCUT2D eigenvalue weighted by Crippen LogP contribution is -2.35. The van der Waals surface area contributed by atoms with Crippen LogP contribution in [0.1, 0.15) is 31.2 Å². The third-order valence-corrected chi connectivity index (χ3v) is 7.86. The van der Waals surface area contributed by atoms with Crippen LogP contribution in [-0.4, -0.2) is 39.4 Å². The molecule has 182 valence electrons. The summed E-state index contributed by atoms with van der Waals surface area (Å²) in [5.74, 6) is -1.26. The summed E-state index contributed by atoms with van der Waals surface area (Å²) in [6.45, 7) is 1.85. The Morgan fingerprint density at radius 2 is 1.89 bits per heavy atom. The molecule has 1 fully saturated rings. The molecule has 3 aromatic heterocycles. The number of pyridine rings is 1. The van der Waals surface area contributed by atoms with Crippen molar-refractivity contribution in [3.8, 4) is 11.4 Å². The Hall–Kier alpha value is -3.44. The van der Waals surface area contributed by atoms with Crippen molar-refractivity contribution >= 4 is 26.9 Å². The molecule has 1 aromatic carbocycles. The second-order valence-corrected chi connectivity index (χ2v) is 10.7. The molecule has 1 aliphatic rings. The van der Waals surface area contributed by atoms with Crippen LogP contribution in [0.4, 0.5) is 14.6 Å². The summed E-state index contributed by atoms with van der Waals surface area (Å²) in [6.07, 6.45) is 6.60. The van der Waals surface area contributed by atoms with Crippen LogP contribution >= 0.6 is 0 Å². The maximum absolute atomic E-state index is 14.6. The Kier molecular flexibility index (Phi) is 5.97. The van der Waals surface area contributed by atoms with Gasteiger partial charge in [-0.1, -0.05) is 17.7 Å². The second-order valence-electron chi connectivity index (χ2n) is 8.84. The topological polar surface area (TPSA) is 116 Å². The minimum atomic E-state index is -4.06. The van der Waals surface area contributed by atoms with Gasteiger partial charge in [0.2, 0.25) is 0 Å². The molecule has 2 atom stereocenters. The summed E-state index contributed by atoms with van der Waals surface area (Å²) in [7, 11) is -4.06. The molecule has 0 bridgehead atoms. The molecule has 3 heterocycles. The number of nitrogens with two attached hydrogens (primary N) is 1. The molecule has 11 heteroatoms. The van der Waals surface area contributed by atoms with Crippen molar-refractivity contribution in [2.24, 2.45) is 5.73 Å². The summed E-state index contributed by atoms with van der Waals surface area (Å²) < 4.78 is 56.5. The van der Waals surface area contributed by atoms with Crippen molar-refractivity contribution < 1.29 is 17.2 Å². The molecule has 1 saturated carbocycles. The van der Waals surface area contributed by atoms with Gasteiger partial charge in [0, 0.05) is 29.2 Å². The number of hydrogen-bond donors (Lipinski definition) is 2. The Bertz CT molecular complexity index is 1500. The van der Waals surface area contributed by atoms with Crippen LogP contribution in [0.5, 0.6) is 0 Å². The summed E-state index contributed by atoms with van der Waals surface area (Å²) in [5.41, 5.74) is 7.18. The number of nitrogens with zero attached hydrogens (tertiary/aromatic N) is 4. The molecule has 8 nitrogen and oxygen atoms in total. The maximum Gasteiger partial charge on any atom is 0.269 e. The van der Waals surface area contributed by atoms with Gasteiger partial charge in [0.05, 0.1) is 17.3 Å². The number of rotatable bonds is 5. The van der Waals surface area contributed by atoms with Crippen LogP contribution in [0.3, 0.4) is 0 Å². The van der Waals surface area contributed by atoms with E-state index in [1.165, 1.54) is 24.4 Å². The van der Waals surface area contributed by atoms with Crippen molar-refractivity contribution in [1.29, 1.82) is 0 Å². The fourth-order valence-electron chi connectivity index (χ4n) is 4.39. The number of benzene rings is 1. The van der Waals surface area contributed by atoms with E-state index < -0.39 is 21.7 Å². The van der Waals surface area contributed by atoms with E-state index in [1.807, 2.05) is 6.92 Å². The Balaban J connectivity index is 1.61. The van der Waals surface area contributed by atoms with E-state index in [4.69, 9.17) is 5.73 Å². The van der Waals surface area contributed by atoms with E-state index in [9.17, 15) is 17.2 Å². The molecule has 2 unspecified atom stereocenters. The van der Waals surface area contributed by atoms with Crippen molar-refractivity contribution in [2.45, 2.75) is 49.6 Å². The molecule has 0 saturated heterocycles. The zero-order chi connectivity index (χ0) is 24.7. The van der Waals surface area contributed by atoms with Crippen molar-refractivity contribution in [3.63, 3.8) is 0 Å². The van der Waals surface area contributed by atoms with E-state index in [1.54, 1.807) is 12.1 Å². The average molecular weight is 499 g/mol. The van der Waals surface area contributed by atoms with E-state index in [2.05, 4.69) is 20.3 Å². The monoisotopic (exact) mass is 498 g/mol. The zero-order valence-electron chi connectivity index (χ0n) is 18.9. The molecule has 0 amide bonds. The Morgan fingerprint density at radius 1 is 1.11 bits per heavy atom. The van der Waals surface area contributed by atoms with Gasteiger partial charge in [0.1, 0.15) is 5.82 Å². The molecule has 5 rings (SSSR count). The van der Waals surface area contributed by atoms with Gasteiger partial charge < -0.3 is 11.1 Å². The maximum atomic E-state index is 14.6. The highest BCUT2D eigenvalue weighted by Gasteiger charge is 2.25. The van der Waals surface area contributed by atoms with Gasteiger partial charge >= 0.3 is 0 Å². The van der Waals surface area contributed by atoms with Crippen LogP contribution in [0.15, 0.2) is 53.8 Å². The number of halogens is 2. The predicted molar refractivity (Wildman–Crippen MR) is 128 cm³/mol. The van der Waals surface area contributed by atoms with E-state index in [0.29, 0.717) is 6.42 Å². The quantitative estimate of drug-likeness (QED) is 0.427. The van der Waals surface area contributed by atoms with E-state index in [-0.39, 0.29) is 45.2 Å². The number of anilines is 1. The van der Waals surface area contributed by atoms with Gasteiger partial charge in [0.15, 0.2) is 23.1 Å². The number of nitrogens with one attached hydrogen (secondary N) is 1. The Labute approximate surface area is 201 Å². The first kappa shape index (κ1) is 23.3. The summed E-state index contributed by atoms with van der Waals surface area (Å²) in [6, 6.07) is 7.51. The molecular formula is C24H24F2N6O2S. The highest BCUT2D eigenvalue weighted by molar-refractivity contribution is 7.90. The number of fused-ring (bicyclic) bond motifs is 1. The summed E-state index contributed by atoms with van der Waals surface area (Å²) >= 11 is 0. The minimum Gasteiger partial charge on any atom is -0.365 e. The summed E-state index contributed by atoms with van der Waals surface area (Å²) in [4.78, 5) is 12.5. The smallest absolute Gasteiger partial charge is 0.269 e. The highest BCUT2D eigenvalue weighted by atomic mass is 32.2. The Morgan fingerprint density at radius 3 is 2.63 bits per heavy atom. The first-order chi connectivity index (χ1) is 16.7. The molecule has 0 spiro atoms. The van der Waals surface area contributed by atoms with Crippen molar-refractivity contribution in [3.05, 3.63) is 66.1 Å². The van der Waals surface area contributed by atoms with Gasteiger partial charge in [0.25, 0.3) is 10.0 Å². The standard InChI is InChI=1S/C24H24F2N6O2S/c1-14-5-7-18(8-6-14)35(33,34)32-13-20(19-9-15(25)11-29-24(19)32)22-28-12-21(26)23(31-22)30-17-4-2-3-16(27)10-17/h5-9,11-13,16-17H,2-4,10,27H2,1H3,(H,28,30,31). The molecule has 1 aliphatic carbocycles. The van der Waals surface area contributed by atoms with Crippen LogP contribution < -0.4 is 11.1 Å². The highest BCUT2D eigenvalue weighted by Crippen LogP contribution is 2.32. The lowest BCUT2D eigenvalue weighted by atomic mass is 9.92. The number of hydrogen-bond acceptors (Lipinski definition) is 7. The normalized spacial score (nSPS) is 18.6. The van der Waals surface area contributed by atoms with Crippen LogP contribution in [0.25, 0.3) is 22.4 Å². The largest absolute Gasteiger partial charge is 0.365 e. The van der Waals surface area contributed by atoms with Crippen molar-refractivity contribution in [2.75, 3.05) is 5.32 Å². The van der Waals surface area contributed by atoms with Crippen LogP contribution in [-0.2, 0) is 10.0 Å². The fraction of sp³-hybridized carbons (Fsp3) is 0.292. The van der Waals surface area contributed by atoms with Crippen LogP contribution in [0.2, 0.25) is 0 Å². The first-order valence-electron chi connectivity index (χ1n) is 11.3. The van der Waals surface area contributed by atoms with Gasteiger partial charge in [-0.25, -0.2) is 36.1 Å². The lowest BCUT2D eigenvalue weighted by Gasteiger charge is -2.27. The van der Waals surface area contributed by atoms with Crippen molar-refractivity contribution in [1.82, 2.24) is 18.9 Å². The molecule has 3 N–H and O–H groups in total. The van der Waals surface area contributed by atoms with Gasteiger partial charge in [-0.2, -0.15) is 0 Å². The minimum absolute atomic E-state index is 0.0132. The van der Waals surface area contributed by atoms with E-state index >= 15 is 0 Å². The number of aryl methyl sites for hydroxylation is 1. The molecular weight excluding hydrogens is 474 g/mol. The third-order valence-electron chi connectivity index (χ3n) is 6.20. The molecule has 0 radical (unpaired) electrons. The average Bonchev–Trinajstić information content (AvgIpc) is 3.20. The first-order valence-corrected chi connectivity index (χ1v) is 12.7. The third kappa shape index (κ3) is 4.48. The summed E-state index contributed by atoms with van der Waals surface area (Å²) in [5, 5.41) is 3.29. The lowest BCUT2D eigenvalue weighted by molar-refractivity contribution is 0.407. The van der Waals surface area contributed by atoms with Gasteiger partial charge in [-0.3, -0.25) is 0 Å². The SMILES string of the molecule is Cc1ccc(S(=O)(=O)n2cc(-c3ncc(F)c(NC4CCCC(N)C4)n3)c3cc(F)cnc32)cc1. The second kappa shape index (κ2) is 8.97. The van der Waals surface area contributed by atoms with Gasteiger partial charge in [-0.15, -0.1) is 0 Å². The predicted octanol–water partition coefficient (Wildman–Crippen LogP) is 4.00. The van der Waals surface area contributed by atoms with Gasteiger partial charge in [-0.05, 0) is 50.8 Å². The number of aromatic nitrogens is 4. The molecule has 4 aromatic rings. The fourth-order valence-corrected chi connectivity index (χ4v) is 5.71. The zero-order valence-corrected chi connectivity index (χ0v) is 19.8.